The number of rotatable bonds is 5. The third-order valence-electron chi connectivity index (χ3n) is 3.22. The Morgan fingerprint density at radius 1 is 1.05 bits per heavy atom. The lowest BCUT2D eigenvalue weighted by atomic mass is 10.1. The van der Waals surface area contributed by atoms with Crippen molar-refractivity contribution in [3.63, 3.8) is 0 Å². The van der Waals surface area contributed by atoms with Crippen molar-refractivity contribution in [2.45, 2.75) is 24.9 Å². The SMILES string of the molecule is S=C1OC[C@H]([C@@H]2OC(=S)O[C@@H]2COCc2ccccc2)O1. The van der Waals surface area contributed by atoms with Gasteiger partial charge < -0.3 is 23.7 Å². The molecule has 112 valence electrons. The number of benzene rings is 1. The highest BCUT2D eigenvalue weighted by Crippen LogP contribution is 2.24. The van der Waals surface area contributed by atoms with Crippen LogP contribution >= 0.6 is 24.4 Å². The molecule has 0 aromatic heterocycles. The van der Waals surface area contributed by atoms with Crippen LogP contribution in [0.3, 0.4) is 0 Å². The fourth-order valence-corrected chi connectivity index (χ4v) is 2.65. The summed E-state index contributed by atoms with van der Waals surface area (Å²) < 4.78 is 27.1. The van der Waals surface area contributed by atoms with Crippen LogP contribution in [0, 0.1) is 0 Å². The molecule has 0 amide bonds. The second kappa shape index (κ2) is 6.55. The first-order valence-electron chi connectivity index (χ1n) is 6.55. The summed E-state index contributed by atoms with van der Waals surface area (Å²) in [7, 11) is 0. The monoisotopic (exact) mass is 326 g/mol. The van der Waals surface area contributed by atoms with E-state index in [1.165, 1.54) is 0 Å². The quantitative estimate of drug-likeness (QED) is 0.767. The van der Waals surface area contributed by atoms with E-state index in [2.05, 4.69) is 0 Å². The molecule has 0 radical (unpaired) electrons. The van der Waals surface area contributed by atoms with Gasteiger partial charge in [0.1, 0.15) is 6.61 Å². The zero-order valence-electron chi connectivity index (χ0n) is 11.1. The Kier molecular flexibility index (Phi) is 4.52. The zero-order chi connectivity index (χ0) is 14.7. The number of hydrogen-bond donors (Lipinski definition) is 0. The summed E-state index contributed by atoms with van der Waals surface area (Å²) in [5, 5.41) is 0.236. The average Bonchev–Trinajstić information content (AvgIpc) is 3.06. The van der Waals surface area contributed by atoms with Gasteiger partial charge in [-0.3, -0.25) is 0 Å². The summed E-state index contributed by atoms with van der Waals surface area (Å²) in [4.78, 5) is 0. The van der Waals surface area contributed by atoms with Gasteiger partial charge in [0.2, 0.25) is 0 Å². The molecule has 0 saturated carbocycles. The molecule has 1 aromatic rings. The Labute approximate surface area is 133 Å². The van der Waals surface area contributed by atoms with Gasteiger partial charge in [0.05, 0.1) is 13.2 Å². The Bertz CT molecular complexity index is 521. The van der Waals surface area contributed by atoms with Crippen molar-refractivity contribution in [1.29, 1.82) is 0 Å². The van der Waals surface area contributed by atoms with E-state index in [4.69, 9.17) is 48.1 Å². The summed E-state index contributed by atoms with van der Waals surface area (Å²) in [6.07, 6.45) is -1.01. The van der Waals surface area contributed by atoms with Crippen molar-refractivity contribution in [2.24, 2.45) is 0 Å². The predicted molar refractivity (Wildman–Crippen MR) is 81.9 cm³/mol. The van der Waals surface area contributed by atoms with Gasteiger partial charge in [-0.25, -0.2) is 0 Å². The van der Waals surface area contributed by atoms with Crippen LogP contribution in [0.5, 0.6) is 0 Å². The summed E-state index contributed by atoms with van der Waals surface area (Å²) in [5.41, 5.74) is 1.09. The van der Waals surface area contributed by atoms with E-state index >= 15 is 0 Å². The van der Waals surface area contributed by atoms with Crippen molar-refractivity contribution in [2.75, 3.05) is 13.2 Å². The van der Waals surface area contributed by atoms with Gasteiger partial charge in [0.15, 0.2) is 18.3 Å². The lowest BCUT2D eigenvalue weighted by Crippen LogP contribution is -2.39. The molecule has 0 bridgehead atoms. The Morgan fingerprint density at radius 3 is 2.57 bits per heavy atom. The number of hydrogen-bond acceptors (Lipinski definition) is 7. The van der Waals surface area contributed by atoms with Crippen molar-refractivity contribution in [3.8, 4) is 0 Å². The van der Waals surface area contributed by atoms with Crippen molar-refractivity contribution in [1.82, 2.24) is 0 Å². The number of thiocarbonyl (C=S) groups is 2. The van der Waals surface area contributed by atoms with E-state index < -0.39 is 0 Å². The van der Waals surface area contributed by atoms with Gasteiger partial charge in [0, 0.05) is 24.4 Å². The normalized spacial score (nSPS) is 27.7. The van der Waals surface area contributed by atoms with Gasteiger partial charge >= 0.3 is 10.5 Å². The molecule has 0 unspecified atom stereocenters. The Hall–Kier alpha value is -1.44. The first-order chi connectivity index (χ1) is 10.2. The minimum absolute atomic E-state index is 0.106. The molecule has 2 fully saturated rings. The second-order valence-corrected chi connectivity index (χ2v) is 5.37. The van der Waals surface area contributed by atoms with Crippen molar-refractivity contribution < 1.29 is 23.7 Å². The minimum atomic E-state index is -0.367. The van der Waals surface area contributed by atoms with Crippen molar-refractivity contribution >= 4 is 34.9 Å². The van der Waals surface area contributed by atoms with E-state index in [0.717, 1.165) is 5.56 Å². The Morgan fingerprint density at radius 2 is 1.86 bits per heavy atom. The van der Waals surface area contributed by atoms with Crippen LogP contribution in [0.15, 0.2) is 30.3 Å². The molecular formula is C14H14O5S2. The van der Waals surface area contributed by atoms with E-state index in [9.17, 15) is 0 Å². The molecule has 1 aromatic carbocycles. The third kappa shape index (κ3) is 3.61. The molecule has 2 heterocycles. The van der Waals surface area contributed by atoms with Gasteiger partial charge in [0.25, 0.3) is 0 Å². The summed E-state index contributed by atoms with van der Waals surface area (Å²) in [6.45, 7) is 1.19. The molecule has 5 nitrogen and oxygen atoms in total. The van der Waals surface area contributed by atoms with Crippen molar-refractivity contribution in [3.05, 3.63) is 35.9 Å². The first kappa shape index (κ1) is 14.5. The largest absolute Gasteiger partial charge is 0.453 e. The highest BCUT2D eigenvalue weighted by atomic mass is 32.1. The second-order valence-electron chi connectivity index (χ2n) is 4.71. The lowest BCUT2D eigenvalue weighted by molar-refractivity contribution is -0.00969. The average molecular weight is 326 g/mol. The summed E-state index contributed by atoms with van der Waals surface area (Å²) in [6, 6.07) is 9.90. The van der Waals surface area contributed by atoms with E-state index in [1.807, 2.05) is 30.3 Å². The van der Waals surface area contributed by atoms with Crippen LogP contribution in [0.2, 0.25) is 0 Å². The van der Waals surface area contributed by atoms with Crippen LogP contribution in [-0.2, 0) is 30.3 Å². The molecule has 2 aliphatic heterocycles. The number of ether oxygens (including phenoxy) is 5. The van der Waals surface area contributed by atoms with E-state index in [-0.39, 0.29) is 28.8 Å². The molecular weight excluding hydrogens is 312 g/mol. The molecule has 3 rings (SSSR count). The van der Waals surface area contributed by atoms with Crippen LogP contribution in [-0.4, -0.2) is 42.0 Å². The fourth-order valence-electron chi connectivity index (χ4n) is 2.22. The third-order valence-corrected chi connectivity index (χ3v) is 3.63. The molecule has 3 atom stereocenters. The molecule has 2 saturated heterocycles. The standard InChI is InChI=1S/C14H14O5S2/c20-13-16-8-11(17-13)12-10(18-14(21)19-12)7-15-6-9-4-2-1-3-5-9/h1-5,10-12H,6-8H2/t10-,11-,12-/m1/s1. The molecule has 0 aliphatic carbocycles. The summed E-state index contributed by atoms with van der Waals surface area (Å²) >= 11 is 9.80. The molecule has 0 N–H and O–H groups in total. The molecule has 0 spiro atoms. The van der Waals surface area contributed by atoms with Crippen LogP contribution in [0.1, 0.15) is 5.56 Å². The molecule has 21 heavy (non-hydrogen) atoms. The smallest absolute Gasteiger partial charge is 0.353 e. The highest BCUT2D eigenvalue weighted by Gasteiger charge is 2.44. The maximum absolute atomic E-state index is 5.67. The van der Waals surface area contributed by atoms with E-state index in [1.54, 1.807) is 0 Å². The maximum Gasteiger partial charge on any atom is 0.353 e. The van der Waals surface area contributed by atoms with Crippen LogP contribution in [0.4, 0.5) is 0 Å². The van der Waals surface area contributed by atoms with Gasteiger partial charge in [-0.1, -0.05) is 30.3 Å². The van der Waals surface area contributed by atoms with Crippen LogP contribution in [0.25, 0.3) is 0 Å². The zero-order valence-corrected chi connectivity index (χ0v) is 12.7. The van der Waals surface area contributed by atoms with Gasteiger partial charge in [-0.05, 0) is 5.56 Å². The molecule has 2 aliphatic rings. The Balaban J connectivity index is 1.53. The first-order valence-corrected chi connectivity index (χ1v) is 7.36. The lowest BCUT2D eigenvalue weighted by Gasteiger charge is -2.19. The topological polar surface area (TPSA) is 46.2 Å². The van der Waals surface area contributed by atoms with Crippen LogP contribution < -0.4 is 0 Å². The van der Waals surface area contributed by atoms with Gasteiger partial charge in [-0.15, -0.1) is 0 Å². The summed E-state index contributed by atoms with van der Waals surface area (Å²) in [5.74, 6) is 0. The predicted octanol–water partition coefficient (Wildman–Crippen LogP) is 1.97. The molecule has 7 heteroatoms. The fraction of sp³-hybridized carbons (Fsp3) is 0.429. The van der Waals surface area contributed by atoms with E-state index in [0.29, 0.717) is 19.8 Å². The maximum atomic E-state index is 5.67. The highest BCUT2D eigenvalue weighted by molar-refractivity contribution is 7.80. The van der Waals surface area contributed by atoms with Gasteiger partial charge in [-0.2, -0.15) is 0 Å². The minimum Gasteiger partial charge on any atom is -0.453 e.